The Morgan fingerprint density at radius 3 is 2.56 bits per heavy atom. The zero-order chi connectivity index (χ0) is 17.2. The summed E-state index contributed by atoms with van der Waals surface area (Å²) in [5.74, 6) is 0.746. The molecule has 1 aliphatic carbocycles. The lowest BCUT2D eigenvalue weighted by atomic mass is 9.92. The third kappa shape index (κ3) is 3.19. The van der Waals surface area contributed by atoms with Gasteiger partial charge < -0.3 is 0 Å². The highest BCUT2D eigenvalue weighted by Gasteiger charge is 2.21. The molecule has 0 bridgehead atoms. The molecule has 0 unspecified atom stereocenters. The van der Waals surface area contributed by atoms with E-state index in [9.17, 15) is 0 Å². The summed E-state index contributed by atoms with van der Waals surface area (Å²) in [6, 6.07) is 14.6. The van der Waals surface area contributed by atoms with Crippen LogP contribution in [-0.2, 0) is 12.8 Å². The Kier molecular flexibility index (Phi) is 4.53. The molecule has 3 aromatic rings. The molecule has 0 radical (unpaired) electrons. The van der Waals surface area contributed by atoms with E-state index < -0.39 is 0 Å². The molecule has 0 aliphatic heterocycles. The SMILES string of the molecule is CSc1ccccc1-c1nc(-c2cccc(C)n2)nc2c1CCCC2. The normalized spacial score (nSPS) is 13.5. The second-order valence-electron chi connectivity index (χ2n) is 6.39. The summed E-state index contributed by atoms with van der Waals surface area (Å²) in [4.78, 5) is 15.8. The molecule has 126 valence electrons. The van der Waals surface area contributed by atoms with Crippen molar-refractivity contribution in [1.82, 2.24) is 15.0 Å². The van der Waals surface area contributed by atoms with Crippen LogP contribution in [0.3, 0.4) is 0 Å². The minimum absolute atomic E-state index is 0.746. The number of aromatic nitrogens is 3. The number of aryl methyl sites for hydroxylation is 2. The van der Waals surface area contributed by atoms with Crippen LogP contribution in [0, 0.1) is 6.92 Å². The van der Waals surface area contributed by atoms with Gasteiger partial charge in [-0.25, -0.2) is 15.0 Å². The molecule has 0 atom stereocenters. The second kappa shape index (κ2) is 6.96. The number of fused-ring (bicyclic) bond motifs is 1. The first kappa shape index (κ1) is 16.3. The van der Waals surface area contributed by atoms with E-state index in [1.165, 1.54) is 34.6 Å². The quantitative estimate of drug-likeness (QED) is 0.617. The summed E-state index contributed by atoms with van der Waals surface area (Å²) in [5.41, 5.74) is 6.67. The number of thioether (sulfide) groups is 1. The molecule has 2 aromatic heterocycles. The summed E-state index contributed by atoms with van der Waals surface area (Å²) >= 11 is 1.77. The van der Waals surface area contributed by atoms with Crippen molar-refractivity contribution in [2.45, 2.75) is 37.5 Å². The highest BCUT2D eigenvalue weighted by Crippen LogP contribution is 2.35. The molecule has 4 rings (SSSR count). The Morgan fingerprint density at radius 1 is 0.880 bits per heavy atom. The van der Waals surface area contributed by atoms with E-state index in [1.54, 1.807) is 11.8 Å². The number of nitrogens with zero attached hydrogens (tertiary/aromatic N) is 3. The number of hydrogen-bond donors (Lipinski definition) is 0. The van der Waals surface area contributed by atoms with Crippen molar-refractivity contribution < 1.29 is 0 Å². The first-order valence-corrected chi connectivity index (χ1v) is 9.96. The fourth-order valence-electron chi connectivity index (χ4n) is 3.44. The summed E-state index contributed by atoms with van der Waals surface area (Å²) < 4.78 is 0. The fourth-order valence-corrected chi connectivity index (χ4v) is 4.04. The number of benzene rings is 1. The van der Waals surface area contributed by atoms with Crippen molar-refractivity contribution in [3.63, 3.8) is 0 Å². The van der Waals surface area contributed by atoms with Crippen molar-refractivity contribution in [1.29, 1.82) is 0 Å². The predicted molar refractivity (Wildman–Crippen MR) is 104 cm³/mol. The van der Waals surface area contributed by atoms with Crippen molar-refractivity contribution >= 4 is 11.8 Å². The smallest absolute Gasteiger partial charge is 0.178 e. The van der Waals surface area contributed by atoms with Crippen LogP contribution in [-0.4, -0.2) is 21.2 Å². The molecule has 1 aliphatic rings. The van der Waals surface area contributed by atoms with E-state index in [2.05, 4.69) is 35.5 Å². The minimum Gasteiger partial charge on any atom is -0.250 e. The summed E-state index contributed by atoms with van der Waals surface area (Å²) in [5, 5.41) is 0. The largest absolute Gasteiger partial charge is 0.250 e. The van der Waals surface area contributed by atoms with E-state index in [0.29, 0.717) is 0 Å². The van der Waals surface area contributed by atoms with Crippen LogP contribution < -0.4 is 0 Å². The third-order valence-electron chi connectivity index (χ3n) is 4.66. The van der Waals surface area contributed by atoms with Gasteiger partial charge in [-0.1, -0.05) is 24.3 Å². The second-order valence-corrected chi connectivity index (χ2v) is 7.24. The lowest BCUT2D eigenvalue weighted by Gasteiger charge is -2.20. The van der Waals surface area contributed by atoms with Gasteiger partial charge in [-0.2, -0.15) is 0 Å². The lowest BCUT2D eigenvalue weighted by Crippen LogP contribution is -2.11. The van der Waals surface area contributed by atoms with Crippen LogP contribution >= 0.6 is 11.8 Å². The van der Waals surface area contributed by atoms with Gasteiger partial charge in [-0.3, -0.25) is 0 Å². The first-order valence-electron chi connectivity index (χ1n) is 8.73. The van der Waals surface area contributed by atoms with Crippen molar-refractivity contribution in [2.75, 3.05) is 6.26 Å². The Bertz CT molecular complexity index is 921. The van der Waals surface area contributed by atoms with E-state index in [0.717, 1.165) is 35.7 Å². The topological polar surface area (TPSA) is 38.7 Å². The van der Waals surface area contributed by atoms with E-state index in [-0.39, 0.29) is 0 Å². The Morgan fingerprint density at radius 2 is 1.72 bits per heavy atom. The highest BCUT2D eigenvalue weighted by molar-refractivity contribution is 7.98. The maximum Gasteiger partial charge on any atom is 0.178 e. The first-order chi connectivity index (χ1) is 12.3. The number of rotatable bonds is 3. The molecule has 0 saturated heterocycles. The maximum absolute atomic E-state index is 4.99. The van der Waals surface area contributed by atoms with Gasteiger partial charge in [0, 0.05) is 27.4 Å². The van der Waals surface area contributed by atoms with Gasteiger partial charge in [0.25, 0.3) is 0 Å². The molecule has 1 aromatic carbocycles. The maximum atomic E-state index is 4.99. The number of hydrogen-bond acceptors (Lipinski definition) is 4. The van der Waals surface area contributed by atoms with Gasteiger partial charge in [0.2, 0.25) is 0 Å². The zero-order valence-electron chi connectivity index (χ0n) is 14.6. The molecular weight excluding hydrogens is 326 g/mol. The number of pyridine rings is 1. The molecule has 0 saturated carbocycles. The molecule has 25 heavy (non-hydrogen) atoms. The van der Waals surface area contributed by atoms with Gasteiger partial charge >= 0.3 is 0 Å². The molecule has 0 amide bonds. The van der Waals surface area contributed by atoms with Crippen molar-refractivity contribution in [2.24, 2.45) is 0 Å². The average Bonchev–Trinajstić information content (AvgIpc) is 2.67. The van der Waals surface area contributed by atoms with Crippen molar-refractivity contribution in [3.8, 4) is 22.8 Å². The van der Waals surface area contributed by atoms with Gasteiger partial charge in [0.15, 0.2) is 5.82 Å². The molecule has 0 fully saturated rings. The molecule has 2 heterocycles. The lowest BCUT2D eigenvalue weighted by molar-refractivity contribution is 0.665. The Hall–Kier alpha value is -2.20. The Balaban J connectivity index is 1.95. The summed E-state index contributed by atoms with van der Waals surface area (Å²) in [6.07, 6.45) is 6.64. The van der Waals surface area contributed by atoms with Gasteiger partial charge in [0.1, 0.15) is 5.69 Å². The van der Waals surface area contributed by atoms with Crippen LogP contribution in [0.2, 0.25) is 0 Å². The zero-order valence-corrected chi connectivity index (χ0v) is 15.4. The Labute approximate surface area is 153 Å². The summed E-state index contributed by atoms with van der Waals surface area (Å²) in [6.45, 7) is 2.01. The average molecular weight is 347 g/mol. The van der Waals surface area contributed by atoms with Crippen molar-refractivity contribution in [3.05, 3.63) is 59.4 Å². The van der Waals surface area contributed by atoms with E-state index in [4.69, 9.17) is 9.97 Å². The van der Waals surface area contributed by atoms with Crippen LogP contribution in [0.25, 0.3) is 22.8 Å². The molecule has 4 heteroatoms. The molecule has 3 nitrogen and oxygen atoms in total. The van der Waals surface area contributed by atoms with Crippen LogP contribution in [0.4, 0.5) is 0 Å². The van der Waals surface area contributed by atoms with Gasteiger partial charge in [-0.15, -0.1) is 11.8 Å². The molecule has 0 N–H and O–H groups in total. The highest BCUT2D eigenvalue weighted by atomic mass is 32.2. The monoisotopic (exact) mass is 347 g/mol. The fraction of sp³-hybridized carbons (Fsp3) is 0.286. The summed E-state index contributed by atoms with van der Waals surface area (Å²) in [7, 11) is 0. The predicted octanol–water partition coefficient (Wildman–Crippen LogP) is 5.11. The standard InChI is InChI=1S/C21H21N3S/c1-14-8-7-12-18(22-14)21-23-17-11-5-3-9-15(17)20(24-21)16-10-4-6-13-19(16)25-2/h4,6-8,10,12-13H,3,5,9,11H2,1-2H3. The van der Waals surface area contributed by atoms with E-state index in [1.807, 2.05) is 25.1 Å². The van der Waals surface area contributed by atoms with E-state index >= 15 is 0 Å². The van der Waals surface area contributed by atoms with Crippen LogP contribution in [0.15, 0.2) is 47.4 Å². The van der Waals surface area contributed by atoms with Gasteiger partial charge in [0.05, 0.1) is 5.69 Å². The van der Waals surface area contributed by atoms with Crippen LogP contribution in [0.5, 0.6) is 0 Å². The van der Waals surface area contributed by atoms with Gasteiger partial charge in [-0.05, 0) is 57.1 Å². The molecular formula is C21H21N3S. The van der Waals surface area contributed by atoms with Crippen LogP contribution in [0.1, 0.15) is 29.8 Å². The minimum atomic E-state index is 0.746. The third-order valence-corrected chi connectivity index (χ3v) is 5.46. The molecule has 0 spiro atoms.